The van der Waals surface area contributed by atoms with Gasteiger partial charge in [0.15, 0.2) is 6.61 Å². The van der Waals surface area contributed by atoms with Crippen molar-refractivity contribution in [2.45, 2.75) is 19.1 Å². The van der Waals surface area contributed by atoms with Gasteiger partial charge in [-0.3, -0.25) is 4.79 Å². The van der Waals surface area contributed by atoms with Gasteiger partial charge in [-0.25, -0.2) is 4.39 Å². The molecule has 128 valence electrons. The molecule has 0 bridgehead atoms. The first kappa shape index (κ1) is 17.8. The second kappa shape index (κ2) is 7.33. The third-order valence-corrected chi connectivity index (χ3v) is 3.28. The molecule has 0 fully saturated rings. The van der Waals surface area contributed by atoms with Crippen LogP contribution in [-0.2, 0) is 11.0 Å². The van der Waals surface area contributed by atoms with Crippen LogP contribution in [0.25, 0.3) is 0 Å². The molecule has 2 aromatic rings. The second-order valence-electron chi connectivity index (χ2n) is 5.16. The molecule has 7 heteroatoms. The molecule has 2 aromatic carbocycles. The number of nitrogens with one attached hydrogen (secondary N) is 1. The van der Waals surface area contributed by atoms with E-state index in [4.69, 9.17) is 4.74 Å². The average molecular weight is 341 g/mol. The Morgan fingerprint density at radius 2 is 1.83 bits per heavy atom. The summed E-state index contributed by atoms with van der Waals surface area (Å²) in [4.78, 5) is 11.8. The number of hydrogen-bond donors (Lipinski definition) is 1. The van der Waals surface area contributed by atoms with Gasteiger partial charge < -0.3 is 10.1 Å². The van der Waals surface area contributed by atoms with Gasteiger partial charge in [0.25, 0.3) is 5.91 Å². The molecule has 1 N–H and O–H groups in total. The number of benzene rings is 2. The van der Waals surface area contributed by atoms with Gasteiger partial charge in [-0.05, 0) is 48.9 Å². The van der Waals surface area contributed by atoms with E-state index in [1.807, 2.05) is 0 Å². The van der Waals surface area contributed by atoms with E-state index in [0.29, 0.717) is 5.56 Å². The summed E-state index contributed by atoms with van der Waals surface area (Å²) >= 11 is 0. The quantitative estimate of drug-likeness (QED) is 0.832. The van der Waals surface area contributed by atoms with Crippen molar-refractivity contribution in [3.05, 3.63) is 65.5 Å². The van der Waals surface area contributed by atoms with Crippen molar-refractivity contribution in [2.75, 3.05) is 6.61 Å². The monoisotopic (exact) mass is 341 g/mol. The molecule has 0 unspecified atom stereocenters. The molecule has 0 spiro atoms. The van der Waals surface area contributed by atoms with Crippen molar-refractivity contribution in [1.29, 1.82) is 0 Å². The minimum absolute atomic E-state index is 0.150. The van der Waals surface area contributed by atoms with Gasteiger partial charge in [-0.1, -0.05) is 12.1 Å². The summed E-state index contributed by atoms with van der Waals surface area (Å²) in [6, 6.07) is 9.43. The Balaban J connectivity index is 1.87. The van der Waals surface area contributed by atoms with Crippen LogP contribution >= 0.6 is 0 Å². The second-order valence-corrected chi connectivity index (χ2v) is 5.16. The molecule has 0 radical (unpaired) electrons. The van der Waals surface area contributed by atoms with Crippen LogP contribution in [0.2, 0.25) is 0 Å². The van der Waals surface area contributed by atoms with Crippen LogP contribution in [0.15, 0.2) is 48.5 Å². The van der Waals surface area contributed by atoms with Gasteiger partial charge in [0.1, 0.15) is 11.6 Å². The zero-order chi connectivity index (χ0) is 17.7. The summed E-state index contributed by atoms with van der Waals surface area (Å²) in [5.74, 6) is -0.724. The predicted octanol–water partition coefficient (Wildman–Crippen LogP) is 4.10. The summed E-state index contributed by atoms with van der Waals surface area (Å²) in [6.45, 7) is 1.33. The molecule has 0 aliphatic heterocycles. The molecule has 24 heavy (non-hydrogen) atoms. The maximum atomic E-state index is 13.1. The lowest BCUT2D eigenvalue weighted by Gasteiger charge is -2.15. The number of hydrogen-bond acceptors (Lipinski definition) is 2. The van der Waals surface area contributed by atoms with E-state index in [1.54, 1.807) is 13.0 Å². The third-order valence-electron chi connectivity index (χ3n) is 3.28. The van der Waals surface area contributed by atoms with Crippen LogP contribution in [0.4, 0.5) is 17.6 Å². The summed E-state index contributed by atoms with van der Waals surface area (Å²) < 4.78 is 55.6. The highest BCUT2D eigenvalue weighted by atomic mass is 19.4. The molecule has 0 saturated heterocycles. The van der Waals surface area contributed by atoms with E-state index < -0.39 is 29.5 Å². The van der Waals surface area contributed by atoms with E-state index in [2.05, 4.69) is 5.32 Å². The summed E-state index contributed by atoms with van der Waals surface area (Å²) in [5.41, 5.74) is -0.197. The fourth-order valence-electron chi connectivity index (χ4n) is 2.03. The first-order valence-electron chi connectivity index (χ1n) is 7.10. The topological polar surface area (TPSA) is 38.3 Å². The van der Waals surface area contributed by atoms with Crippen LogP contribution in [0.5, 0.6) is 5.75 Å². The Morgan fingerprint density at radius 3 is 2.42 bits per heavy atom. The van der Waals surface area contributed by atoms with Crippen molar-refractivity contribution in [1.82, 2.24) is 5.32 Å². The van der Waals surface area contributed by atoms with Gasteiger partial charge in [-0.15, -0.1) is 0 Å². The highest BCUT2D eigenvalue weighted by Gasteiger charge is 2.30. The summed E-state index contributed by atoms with van der Waals surface area (Å²) in [7, 11) is 0. The first-order valence-corrected chi connectivity index (χ1v) is 7.10. The van der Waals surface area contributed by atoms with Crippen LogP contribution in [0.3, 0.4) is 0 Å². The molecule has 1 atom stereocenters. The number of alkyl halides is 3. The van der Waals surface area contributed by atoms with Crippen molar-refractivity contribution in [2.24, 2.45) is 0 Å². The predicted molar refractivity (Wildman–Crippen MR) is 79.9 cm³/mol. The minimum atomic E-state index is -4.42. The highest BCUT2D eigenvalue weighted by molar-refractivity contribution is 5.78. The fraction of sp³-hybridized carbons (Fsp3) is 0.235. The minimum Gasteiger partial charge on any atom is -0.484 e. The Hall–Kier alpha value is -2.57. The normalized spacial score (nSPS) is 12.5. The van der Waals surface area contributed by atoms with Crippen molar-refractivity contribution < 1.29 is 27.1 Å². The number of carbonyl (C=O) groups is 1. The number of ether oxygens (including phenoxy) is 1. The first-order chi connectivity index (χ1) is 11.3. The van der Waals surface area contributed by atoms with Crippen LogP contribution < -0.4 is 10.1 Å². The van der Waals surface area contributed by atoms with Crippen LogP contribution in [-0.4, -0.2) is 12.5 Å². The van der Waals surface area contributed by atoms with Gasteiger partial charge in [0, 0.05) is 0 Å². The summed E-state index contributed by atoms with van der Waals surface area (Å²) in [6.07, 6.45) is -4.42. The van der Waals surface area contributed by atoms with E-state index in [9.17, 15) is 22.4 Å². The lowest BCUT2D eigenvalue weighted by Crippen LogP contribution is -2.31. The lowest BCUT2D eigenvalue weighted by molar-refractivity contribution is -0.137. The number of carbonyl (C=O) groups excluding carboxylic acids is 1. The Labute approximate surface area is 136 Å². The molecule has 1 amide bonds. The van der Waals surface area contributed by atoms with Crippen molar-refractivity contribution in [3.63, 3.8) is 0 Å². The Bertz CT molecular complexity index is 698. The smallest absolute Gasteiger partial charge is 0.416 e. The SMILES string of the molecule is C[C@@H](NC(=O)COc1ccc(C(F)(F)F)cc1)c1cccc(F)c1. The largest absolute Gasteiger partial charge is 0.484 e. The zero-order valence-electron chi connectivity index (χ0n) is 12.7. The molecule has 0 aromatic heterocycles. The number of halogens is 4. The zero-order valence-corrected chi connectivity index (χ0v) is 12.7. The maximum Gasteiger partial charge on any atom is 0.416 e. The molecule has 0 heterocycles. The van der Waals surface area contributed by atoms with Crippen LogP contribution in [0, 0.1) is 5.82 Å². The Kier molecular flexibility index (Phi) is 5.43. The number of amides is 1. The van der Waals surface area contributed by atoms with Crippen molar-refractivity contribution >= 4 is 5.91 Å². The number of rotatable bonds is 5. The lowest BCUT2D eigenvalue weighted by atomic mass is 10.1. The van der Waals surface area contributed by atoms with Crippen molar-refractivity contribution in [3.8, 4) is 5.75 Å². The average Bonchev–Trinajstić information content (AvgIpc) is 2.52. The molecule has 0 aliphatic carbocycles. The van der Waals surface area contributed by atoms with Gasteiger partial charge in [0.05, 0.1) is 11.6 Å². The molecule has 0 saturated carbocycles. The molecule has 0 aliphatic rings. The van der Waals surface area contributed by atoms with Crippen LogP contribution in [0.1, 0.15) is 24.1 Å². The van der Waals surface area contributed by atoms with Gasteiger partial charge in [0.2, 0.25) is 0 Å². The molecular weight excluding hydrogens is 326 g/mol. The molecular formula is C17H15F4NO2. The third kappa shape index (κ3) is 4.97. The maximum absolute atomic E-state index is 13.1. The fourth-order valence-corrected chi connectivity index (χ4v) is 2.03. The standard InChI is InChI=1S/C17H15F4NO2/c1-11(12-3-2-4-14(18)9-12)22-16(23)10-24-15-7-5-13(6-8-15)17(19,20)21/h2-9,11H,10H2,1H3,(H,22,23)/t11-/m1/s1. The van der Waals surface area contributed by atoms with Gasteiger partial charge in [-0.2, -0.15) is 13.2 Å². The highest BCUT2D eigenvalue weighted by Crippen LogP contribution is 2.30. The molecule has 3 nitrogen and oxygen atoms in total. The summed E-state index contributed by atoms with van der Waals surface area (Å²) in [5, 5.41) is 2.62. The van der Waals surface area contributed by atoms with E-state index in [1.165, 1.54) is 18.2 Å². The Morgan fingerprint density at radius 1 is 1.17 bits per heavy atom. The molecule has 2 rings (SSSR count). The van der Waals surface area contributed by atoms with E-state index in [0.717, 1.165) is 24.3 Å². The van der Waals surface area contributed by atoms with Gasteiger partial charge >= 0.3 is 6.18 Å². The van der Waals surface area contributed by atoms with E-state index >= 15 is 0 Å². The van der Waals surface area contributed by atoms with E-state index in [-0.39, 0.29) is 12.4 Å².